The number of fused-ring (bicyclic) bond motifs is 1. The molecule has 6 nitrogen and oxygen atoms in total. The Morgan fingerprint density at radius 3 is 3.05 bits per heavy atom. The first-order chi connectivity index (χ1) is 10.3. The average Bonchev–Trinajstić information content (AvgIpc) is 3.12. The Morgan fingerprint density at radius 2 is 2.19 bits per heavy atom. The van der Waals surface area contributed by atoms with Gasteiger partial charge in [-0.2, -0.15) is 5.10 Å². The van der Waals surface area contributed by atoms with Gasteiger partial charge in [0.2, 0.25) is 6.79 Å². The monoisotopic (exact) mass is 289 g/mol. The molecule has 2 heterocycles. The van der Waals surface area contributed by atoms with Gasteiger partial charge in [-0.1, -0.05) is 6.07 Å². The van der Waals surface area contributed by atoms with E-state index in [1.54, 1.807) is 7.11 Å². The predicted molar refractivity (Wildman–Crippen MR) is 78.7 cm³/mol. The molecule has 112 valence electrons. The zero-order valence-electron chi connectivity index (χ0n) is 12.2. The fourth-order valence-electron chi connectivity index (χ4n) is 2.24. The Bertz CT molecular complexity index is 612. The smallest absolute Gasteiger partial charge is 0.231 e. The van der Waals surface area contributed by atoms with Crippen LogP contribution in [0.15, 0.2) is 30.5 Å². The Morgan fingerprint density at radius 1 is 1.33 bits per heavy atom. The van der Waals surface area contributed by atoms with Crippen molar-refractivity contribution < 1.29 is 14.2 Å². The second kappa shape index (κ2) is 6.05. The molecule has 1 aliphatic heterocycles. The van der Waals surface area contributed by atoms with E-state index in [1.165, 1.54) is 0 Å². The number of hydrogen-bond donors (Lipinski definition) is 1. The summed E-state index contributed by atoms with van der Waals surface area (Å²) in [7, 11) is 1.68. The van der Waals surface area contributed by atoms with Crippen LogP contribution in [-0.2, 0) is 11.3 Å². The van der Waals surface area contributed by atoms with E-state index in [9.17, 15) is 0 Å². The van der Waals surface area contributed by atoms with Crippen LogP contribution in [0.25, 0.3) is 0 Å². The summed E-state index contributed by atoms with van der Waals surface area (Å²) in [5.41, 5.74) is 1.13. The largest absolute Gasteiger partial charge is 0.454 e. The summed E-state index contributed by atoms with van der Waals surface area (Å²) in [4.78, 5) is 0. The van der Waals surface area contributed by atoms with Gasteiger partial charge in [-0.25, -0.2) is 0 Å². The third kappa shape index (κ3) is 3.11. The average molecular weight is 289 g/mol. The lowest BCUT2D eigenvalue weighted by molar-refractivity contribution is 0.174. The van der Waals surface area contributed by atoms with E-state index in [0.717, 1.165) is 29.4 Å². The molecule has 1 aromatic carbocycles. The van der Waals surface area contributed by atoms with Gasteiger partial charge < -0.3 is 19.5 Å². The van der Waals surface area contributed by atoms with E-state index < -0.39 is 0 Å². The minimum absolute atomic E-state index is 0.130. The number of hydrogen-bond acceptors (Lipinski definition) is 5. The fourth-order valence-corrected chi connectivity index (χ4v) is 2.24. The van der Waals surface area contributed by atoms with Gasteiger partial charge in [-0.05, 0) is 24.6 Å². The molecule has 6 heteroatoms. The predicted octanol–water partition coefficient (Wildman–Crippen LogP) is 2.43. The van der Waals surface area contributed by atoms with Crippen molar-refractivity contribution in [2.75, 3.05) is 25.8 Å². The van der Waals surface area contributed by atoms with Crippen molar-refractivity contribution in [2.24, 2.45) is 0 Å². The molecule has 0 spiro atoms. The molecule has 2 aromatic rings. The lowest BCUT2D eigenvalue weighted by atomic mass is 10.1. The van der Waals surface area contributed by atoms with Crippen molar-refractivity contribution in [3.63, 3.8) is 0 Å². The second-order valence-corrected chi connectivity index (χ2v) is 4.94. The molecule has 0 amide bonds. The number of rotatable bonds is 6. The number of nitrogens with one attached hydrogen (secondary N) is 1. The maximum Gasteiger partial charge on any atom is 0.231 e. The topological polar surface area (TPSA) is 57.5 Å². The van der Waals surface area contributed by atoms with Crippen molar-refractivity contribution >= 4 is 5.82 Å². The summed E-state index contributed by atoms with van der Waals surface area (Å²) in [5, 5.41) is 7.83. The number of nitrogens with zero attached hydrogens (tertiary/aromatic N) is 2. The van der Waals surface area contributed by atoms with Gasteiger partial charge in [-0.15, -0.1) is 0 Å². The van der Waals surface area contributed by atoms with Crippen molar-refractivity contribution in [1.29, 1.82) is 0 Å². The molecule has 1 N–H and O–H groups in total. The van der Waals surface area contributed by atoms with Gasteiger partial charge in [0.05, 0.1) is 19.2 Å². The van der Waals surface area contributed by atoms with Crippen LogP contribution >= 0.6 is 0 Å². The molecule has 1 aromatic heterocycles. The Labute approximate surface area is 123 Å². The lowest BCUT2D eigenvalue weighted by Crippen LogP contribution is -2.09. The van der Waals surface area contributed by atoms with Gasteiger partial charge in [0, 0.05) is 19.4 Å². The van der Waals surface area contributed by atoms with Gasteiger partial charge in [0.25, 0.3) is 0 Å². The molecule has 1 atom stereocenters. The fraction of sp³-hybridized carbons (Fsp3) is 0.400. The molecular weight excluding hydrogens is 270 g/mol. The molecule has 21 heavy (non-hydrogen) atoms. The Hall–Kier alpha value is -2.21. The normalized spacial score (nSPS) is 14.2. The van der Waals surface area contributed by atoms with Crippen molar-refractivity contribution in [2.45, 2.75) is 19.5 Å². The number of aromatic nitrogens is 2. The molecule has 1 aliphatic rings. The molecule has 0 fully saturated rings. The lowest BCUT2D eigenvalue weighted by Gasteiger charge is -2.14. The van der Waals surface area contributed by atoms with E-state index in [2.05, 4.69) is 17.3 Å². The summed E-state index contributed by atoms with van der Waals surface area (Å²) in [6.07, 6.45) is 1.94. The van der Waals surface area contributed by atoms with Crippen LogP contribution in [0.3, 0.4) is 0 Å². The Kier molecular flexibility index (Phi) is 3.96. The first kappa shape index (κ1) is 13.8. The highest BCUT2D eigenvalue weighted by molar-refractivity contribution is 5.47. The minimum atomic E-state index is 0.130. The quantitative estimate of drug-likeness (QED) is 0.885. The third-order valence-corrected chi connectivity index (χ3v) is 3.43. The van der Waals surface area contributed by atoms with E-state index in [0.29, 0.717) is 13.4 Å². The SMILES string of the molecule is COCCn1ccc(N[C@H](C)c2ccc3c(c2)OCO3)n1. The number of ether oxygens (including phenoxy) is 3. The molecule has 0 saturated carbocycles. The van der Waals surface area contributed by atoms with Crippen molar-refractivity contribution in [3.05, 3.63) is 36.0 Å². The van der Waals surface area contributed by atoms with E-state index >= 15 is 0 Å². The minimum Gasteiger partial charge on any atom is -0.454 e. The molecule has 0 unspecified atom stereocenters. The van der Waals surface area contributed by atoms with Crippen LogP contribution < -0.4 is 14.8 Å². The summed E-state index contributed by atoms with van der Waals surface area (Å²) in [6.45, 7) is 3.78. The highest BCUT2D eigenvalue weighted by Crippen LogP contribution is 2.34. The van der Waals surface area contributed by atoms with Crippen LogP contribution in [0.5, 0.6) is 11.5 Å². The first-order valence-corrected chi connectivity index (χ1v) is 6.95. The zero-order valence-corrected chi connectivity index (χ0v) is 12.2. The maximum absolute atomic E-state index is 5.40. The Balaban J connectivity index is 1.65. The van der Waals surface area contributed by atoms with E-state index in [1.807, 2.05) is 35.1 Å². The summed E-state index contributed by atoms with van der Waals surface area (Å²) in [6, 6.07) is 8.06. The molecule has 0 radical (unpaired) electrons. The van der Waals surface area contributed by atoms with Gasteiger partial charge in [-0.3, -0.25) is 4.68 Å². The zero-order chi connectivity index (χ0) is 14.7. The standard InChI is InChI=1S/C15H19N3O3/c1-11(12-3-4-13-14(9-12)21-10-20-13)16-15-5-6-18(17-15)7-8-19-2/h3-6,9,11H,7-8,10H2,1-2H3,(H,16,17)/t11-/m1/s1. The molecular formula is C15H19N3O3. The van der Waals surface area contributed by atoms with Gasteiger partial charge >= 0.3 is 0 Å². The molecule has 3 rings (SSSR count). The summed E-state index contributed by atoms with van der Waals surface area (Å²) >= 11 is 0. The third-order valence-electron chi connectivity index (χ3n) is 3.43. The summed E-state index contributed by atoms with van der Waals surface area (Å²) in [5.74, 6) is 2.44. The van der Waals surface area contributed by atoms with Crippen LogP contribution in [-0.4, -0.2) is 30.3 Å². The maximum atomic E-state index is 5.40. The molecule has 0 aliphatic carbocycles. The van der Waals surface area contributed by atoms with Gasteiger partial charge in [0.15, 0.2) is 11.5 Å². The first-order valence-electron chi connectivity index (χ1n) is 6.95. The van der Waals surface area contributed by atoms with Crippen molar-refractivity contribution in [1.82, 2.24) is 9.78 Å². The van der Waals surface area contributed by atoms with E-state index in [4.69, 9.17) is 14.2 Å². The molecule has 0 bridgehead atoms. The molecule has 0 saturated heterocycles. The highest BCUT2D eigenvalue weighted by Gasteiger charge is 2.16. The second-order valence-electron chi connectivity index (χ2n) is 4.94. The number of methoxy groups -OCH3 is 1. The van der Waals surface area contributed by atoms with Gasteiger partial charge in [0.1, 0.15) is 5.82 Å². The number of anilines is 1. The van der Waals surface area contributed by atoms with Crippen LogP contribution in [0.4, 0.5) is 5.82 Å². The van der Waals surface area contributed by atoms with Crippen molar-refractivity contribution in [3.8, 4) is 11.5 Å². The van der Waals surface area contributed by atoms with Crippen LogP contribution in [0.1, 0.15) is 18.5 Å². The van der Waals surface area contributed by atoms with Crippen LogP contribution in [0.2, 0.25) is 0 Å². The van der Waals surface area contributed by atoms with E-state index in [-0.39, 0.29) is 6.04 Å². The highest BCUT2D eigenvalue weighted by atomic mass is 16.7. The number of benzene rings is 1. The summed E-state index contributed by atoms with van der Waals surface area (Å²) < 4.78 is 17.6. The van der Waals surface area contributed by atoms with Crippen LogP contribution in [0, 0.1) is 0 Å².